The Morgan fingerprint density at radius 1 is 1.43 bits per heavy atom. The summed E-state index contributed by atoms with van der Waals surface area (Å²) in [6.07, 6.45) is 3.16. The van der Waals surface area contributed by atoms with Gasteiger partial charge in [-0.2, -0.15) is 5.10 Å². The summed E-state index contributed by atoms with van der Waals surface area (Å²) in [5.74, 6) is 1.89. The average molecular weight is 302 g/mol. The van der Waals surface area contributed by atoms with Crippen molar-refractivity contribution >= 4 is 28.4 Å². The van der Waals surface area contributed by atoms with Crippen LogP contribution < -0.4 is 5.32 Å². The molecule has 2 rings (SSSR count). The van der Waals surface area contributed by atoms with Crippen LogP contribution in [0.2, 0.25) is 0 Å². The molecule has 0 aliphatic rings. The van der Waals surface area contributed by atoms with E-state index in [1.807, 2.05) is 7.05 Å². The van der Waals surface area contributed by atoms with Gasteiger partial charge in [0, 0.05) is 13.2 Å². The zero-order valence-electron chi connectivity index (χ0n) is 7.32. The Balaban J connectivity index is 2.46. The van der Waals surface area contributed by atoms with Crippen molar-refractivity contribution in [3.8, 4) is 11.6 Å². The van der Waals surface area contributed by atoms with Crippen molar-refractivity contribution in [3.63, 3.8) is 0 Å². The van der Waals surface area contributed by atoms with E-state index in [0.29, 0.717) is 11.6 Å². The molecule has 0 aliphatic heterocycles. The summed E-state index contributed by atoms with van der Waals surface area (Å²) in [5, 5.41) is 9.42. The van der Waals surface area contributed by atoms with Gasteiger partial charge in [0.25, 0.3) is 0 Å². The first-order valence-corrected chi connectivity index (χ1v) is 4.95. The fourth-order valence-electron chi connectivity index (χ4n) is 0.970. The second-order valence-corrected chi connectivity index (χ2v) is 3.64. The zero-order valence-corrected chi connectivity index (χ0v) is 9.48. The number of hydrogen-bond acceptors (Lipinski definition) is 5. The van der Waals surface area contributed by atoms with Gasteiger partial charge in [-0.3, -0.25) is 5.10 Å². The monoisotopic (exact) mass is 302 g/mol. The summed E-state index contributed by atoms with van der Waals surface area (Å²) in [5.41, 5.74) is 0. The quantitative estimate of drug-likeness (QED) is 0.806. The number of H-pyrrole nitrogens is 1. The summed E-state index contributed by atoms with van der Waals surface area (Å²) < 4.78 is 0.966. The SMILES string of the molecule is CNc1nc(-c2ncn[nH]2)ncc1I. The van der Waals surface area contributed by atoms with Gasteiger partial charge in [-0.1, -0.05) is 0 Å². The summed E-state index contributed by atoms with van der Waals surface area (Å²) in [6, 6.07) is 0. The van der Waals surface area contributed by atoms with E-state index in [9.17, 15) is 0 Å². The van der Waals surface area contributed by atoms with E-state index in [4.69, 9.17) is 0 Å². The fraction of sp³-hybridized carbons (Fsp3) is 0.143. The highest BCUT2D eigenvalue weighted by Crippen LogP contribution is 2.16. The van der Waals surface area contributed by atoms with Crippen molar-refractivity contribution in [3.05, 3.63) is 16.1 Å². The molecule has 0 fully saturated rings. The maximum absolute atomic E-state index is 4.27. The van der Waals surface area contributed by atoms with E-state index in [2.05, 4.69) is 53.1 Å². The molecule has 2 N–H and O–H groups in total. The Morgan fingerprint density at radius 2 is 2.29 bits per heavy atom. The lowest BCUT2D eigenvalue weighted by atomic mass is 10.5. The number of hydrogen-bond donors (Lipinski definition) is 2. The molecule has 0 unspecified atom stereocenters. The van der Waals surface area contributed by atoms with Gasteiger partial charge in [0.1, 0.15) is 12.1 Å². The number of nitrogens with one attached hydrogen (secondary N) is 2. The van der Waals surface area contributed by atoms with Crippen LogP contribution in [0.3, 0.4) is 0 Å². The minimum atomic E-state index is 0.535. The normalized spacial score (nSPS) is 10.1. The predicted octanol–water partition coefficient (Wildman–Crippen LogP) is 0.908. The van der Waals surface area contributed by atoms with Gasteiger partial charge in [-0.15, -0.1) is 0 Å². The molecule has 0 spiro atoms. The second kappa shape index (κ2) is 3.86. The van der Waals surface area contributed by atoms with Gasteiger partial charge in [-0.25, -0.2) is 15.0 Å². The predicted molar refractivity (Wildman–Crippen MR) is 59.7 cm³/mol. The first-order valence-electron chi connectivity index (χ1n) is 3.87. The molecule has 2 aromatic rings. The number of aromatic amines is 1. The molecular weight excluding hydrogens is 295 g/mol. The summed E-state index contributed by atoms with van der Waals surface area (Å²) in [6.45, 7) is 0. The molecule has 0 radical (unpaired) electrons. The number of halogens is 1. The molecule has 0 aromatic carbocycles. The van der Waals surface area contributed by atoms with Gasteiger partial charge >= 0.3 is 0 Å². The van der Waals surface area contributed by atoms with Crippen molar-refractivity contribution < 1.29 is 0 Å². The molecule has 0 saturated carbocycles. The summed E-state index contributed by atoms with van der Waals surface area (Å²) >= 11 is 2.16. The van der Waals surface area contributed by atoms with Crippen molar-refractivity contribution in [1.29, 1.82) is 0 Å². The van der Waals surface area contributed by atoms with E-state index in [1.165, 1.54) is 6.33 Å². The average Bonchev–Trinajstić information content (AvgIpc) is 2.71. The Morgan fingerprint density at radius 3 is 2.93 bits per heavy atom. The number of aromatic nitrogens is 5. The highest BCUT2D eigenvalue weighted by atomic mass is 127. The van der Waals surface area contributed by atoms with Crippen LogP contribution in [0, 0.1) is 3.57 Å². The van der Waals surface area contributed by atoms with Crippen LogP contribution in [0.5, 0.6) is 0 Å². The lowest BCUT2D eigenvalue weighted by molar-refractivity contribution is 1.06. The Kier molecular flexibility index (Phi) is 2.57. The van der Waals surface area contributed by atoms with Crippen LogP contribution in [-0.2, 0) is 0 Å². The number of nitrogens with zero attached hydrogens (tertiary/aromatic N) is 4. The minimum Gasteiger partial charge on any atom is -0.372 e. The smallest absolute Gasteiger partial charge is 0.199 e. The van der Waals surface area contributed by atoms with E-state index in [1.54, 1.807) is 6.20 Å². The Hall–Kier alpha value is -1.25. The third-order valence-corrected chi connectivity index (χ3v) is 2.40. The van der Waals surface area contributed by atoms with Crippen molar-refractivity contribution in [2.24, 2.45) is 0 Å². The van der Waals surface area contributed by atoms with Crippen LogP contribution in [0.1, 0.15) is 0 Å². The third-order valence-electron chi connectivity index (χ3n) is 1.61. The second-order valence-electron chi connectivity index (χ2n) is 2.47. The molecule has 14 heavy (non-hydrogen) atoms. The molecule has 0 amide bonds. The standard InChI is InChI=1S/C7H7IN6/c1-9-5-4(8)2-10-6(13-5)7-11-3-12-14-7/h2-3H,1H3,(H,9,10,13)(H,11,12,14). The van der Waals surface area contributed by atoms with Crippen LogP contribution in [-0.4, -0.2) is 32.2 Å². The molecule has 2 heterocycles. The van der Waals surface area contributed by atoms with Crippen LogP contribution in [0.15, 0.2) is 12.5 Å². The van der Waals surface area contributed by atoms with E-state index in [0.717, 1.165) is 9.39 Å². The molecule has 0 aliphatic carbocycles. The molecule has 7 heteroatoms. The van der Waals surface area contributed by atoms with Gasteiger partial charge in [0.2, 0.25) is 0 Å². The number of rotatable bonds is 2. The van der Waals surface area contributed by atoms with Crippen LogP contribution >= 0.6 is 22.6 Å². The van der Waals surface area contributed by atoms with Gasteiger partial charge in [0.15, 0.2) is 11.6 Å². The molecule has 0 bridgehead atoms. The lowest BCUT2D eigenvalue weighted by Crippen LogP contribution is -2.00. The first kappa shape index (κ1) is 9.31. The van der Waals surface area contributed by atoms with Crippen molar-refractivity contribution in [1.82, 2.24) is 25.1 Å². The van der Waals surface area contributed by atoms with Crippen molar-refractivity contribution in [2.45, 2.75) is 0 Å². The van der Waals surface area contributed by atoms with Gasteiger partial charge in [0.05, 0.1) is 3.57 Å². The van der Waals surface area contributed by atoms with Crippen LogP contribution in [0.4, 0.5) is 5.82 Å². The molecule has 0 atom stereocenters. The number of anilines is 1. The maximum Gasteiger partial charge on any atom is 0.199 e. The van der Waals surface area contributed by atoms with Crippen LogP contribution in [0.25, 0.3) is 11.6 Å². The maximum atomic E-state index is 4.27. The van der Waals surface area contributed by atoms with Gasteiger partial charge < -0.3 is 5.32 Å². The van der Waals surface area contributed by atoms with E-state index < -0.39 is 0 Å². The Bertz CT molecular complexity index is 426. The summed E-state index contributed by atoms with van der Waals surface area (Å²) in [7, 11) is 1.81. The third kappa shape index (κ3) is 1.67. The molecule has 0 saturated heterocycles. The lowest BCUT2D eigenvalue weighted by Gasteiger charge is -2.02. The highest BCUT2D eigenvalue weighted by Gasteiger charge is 2.07. The first-order chi connectivity index (χ1) is 6.81. The molecule has 72 valence electrons. The minimum absolute atomic E-state index is 0.535. The van der Waals surface area contributed by atoms with E-state index >= 15 is 0 Å². The highest BCUT2D eigenvalue weighted by molar-refractivity contribution is 14.1. The fourth-order valence-corrected chi connectivity index (χ4v) is 1.50. The van der Waals surface area contributed by atoms with Crippen molar-refractivity contribution in [2.75, 3.05) is 12.4 Å². The molecular formula is C7H7IN6. The largest absolute Gasteiger partial charge is 0.372 e. The zero-order chi connectivity index (χ0) is 9.97. The van der Waals surface area contributed by atoms with Gasteiger partial charge in [-0.05, 0) is 22.6 Å². The molecule has 6 nitrogen and oxygen atoms in total. The van der Waals surface area contributed by atoms with E-state index in [-0.39, 0.29) is 0 Å². The summed E-state index contributed by atoms with van der Waals surface area (Å²) in [4.78, 5) is 12.4. The topological polar surface area (TPSA) is 79.4 Å². The Labute approximate surface area is 93.7 Å². The molecule has 2 aromatic heterocycles.